The molecule has 14 heavy (non-hydrogen) atoms. The van der Waals surface area contributed by atoms with E-state index in [-0.39, 0.29) is 0 Å². The van der Waals surface area contributed by atoms with Crippen LogP contribution in [0.5, 0.6) is 0 Å². The Balaban J connectivity index is 4.17. The lowest BCUT2D eigenvalue weighted by molar-refractivity contribution is 0.574. The van der Waals surface area contributed by atoms with Gasteiger partial charge < -0.3 is 9.13 Å². The summed E-state index contributed by atoms with van der Waals surface area (Å²) in [5, 5.41) is 0. The van der Waals surface area contributed by atoms with E-state index < -0.39 is 14.3 Å². The molecule has 82 valence electrons. The molecule has 0 fully saturated rings. The van der Waals surface area contributed by atoms with E-state index in [0.717, 1.165) is 0 Å². The molecule has 0 aliphatic heterocycles. The van der Waals surface area contributed by atoms with Crippen molar-refractivity contribution in [3.63, 3.8) is 0 Å². The van der Waals surface area contributed by atoms with Gasteiger partial charge in [-0.05, 0) is 13.3 Å². The van der Waals surface area contributed by atoms with Crippen molar-refractivity contribution in [3.05, 3.63) is 25.3 Å². The van der Waals surface area contributed by atoms with Gasteiger partial charge in [0.05, 0.1) is 14.3 Å². The molecule has 2 nitrogen and oxygen atoms in total. The number of hydrogen-bond acceptors (Lipinski definition) is 2. The van der Waals surface area contributed by atoms with E-state index in [1.807, 2.05) is 0 Å². The first-order valence-corrected chi connectivity index (χ1v) is 9.71. The lowest BCUT2D eigenvalue weighted by atomic mass is 10.8. The van der Waals surface area contributed by atoms with Gasteiger partial charge >= 0.3 is 0 Å². The van der Waals surface area contributed by atoms with Crippen LogP contribution in [0.1, 0.15) is 0 Å². The molecule has 0 bridgehead atoms. The molecular formula is C10H20O2P2. The van der Waals surface area contributed by atoms with Gasteiger partial charge in [0.1, 0.15) is 0 Å². The van der Waals surface area contributed by atoms with Crippen LogP contribution in [0.3, 0.4) is 0 Å². The summed E-state index contributed by atoms with van der Waals surface area (Å²) >= 11 is 0. The Kier molecular flexibility index (Phi) is 5.71. The molecule has 0 aromatic heterocycles. The Labute approximate surface area is 87.2 Å². The summed E-state index contributed by atoms with van der Waals surface area (Å²) in [7, 11) is -4.27. The van der Waals surface area contributed by atoms with Crippen LogP contribution in [-0.4, -0.2) is 38.0 Å². The highest BCUT2D eigenvalue weighted by Gasteiger charge is 2.19. The van der Waals surface area contributed by atoms with Crippen molar-refractivity contribution in [2.24, 2.45) is 0 Å². The van der Waals surface area contributed by atoms with Crippen molar-refractivity contribution in [1.82, 2.24) is 0 Å². The highest BCUT2D eigenvalue weighted by atomic mass is 31.2. The minimum absolute atomic E-state index is 0.543. The molecule has 0 saturated carbocycles. The van der Waals surface area contributed by atoms with Crippen LogP contribution in [0, 0.1) is 0 Å². The lowest BCUT2D eigenvalue weighted by Crippen LogP contribution is -2.00. The van der Waals surface area contributed by atoms with Crippen LogP contribution >= 0.6 is 14.3 Å². The third-order valence-electron chi connectivity index (χ3n) is 2.08. The molecule has 0 rings (SSSR count). The minimum atomic E-state index is -2.14. The van der Waals surface area contributed by atoms with Gasteiger partial charge in [0, 0.05) is 24.6 Å². The lowest BCUT2D eigenvalue weighted by Gasteiger charge is -2.14. The molecule has 2 unspecified atom stereocenters. The maximum Gasteiger partial charge on any atom is 0.0888 e. The molecule has 4 heteroatoms. The molecule has 0 aliphatic rings. The SMILES string of the molecule is C=CCP(C)(=O)CCP(C)(=O)CC=C. The highest BCUT2D eigenvalue weighted by Crippen LogP contribution is 2.48. The molecule has 0 spiro atoms. The fourth-order valence-electron chi connectivity index (χ4n) is 1.15. The Morgan fingerprint density at radius 3 is 1.43 bits per heavy atom. The average molecular weight is 234 g/mol. The van der Waals surface area contributed by atoms with E-state index in [4.69, 9.17) is 0 Å². The van der Waals surface area contributed by atoms with Crippen LogP contribution in [0.25, 0.3) is 0 Å². The molecule has 0 amide bonds. The van der Waals surface area contributed by atoms with Crippen LogP contribution < -0.4 is 0 Å². The van der Waals surface area contributed by atoms with Gasteiger partial charge in [-0.25, -0.2) is 0 Å². The first-order chi connectivity index (χ1) is 6.33. The standard InChI is InChI=1S/C10H20O2P2/c1-5-7-13(3,11)9-10-14(4,12)8-6-2/h5-6H,1-2,7-10H2,3-4H3. The Morgan fingerprint density at radius 2 is 1.21 bits per heavy atom. The summed E-state index contributed by atoms with van der Waals surface area (Å²) in [6, 6.07) is 0. The number of allylic oxidation sites excluding steroid dienone is 2. The first kappa shape index (κ1) is 13.9. The fraction of sp³-hybridized carbons (Fsp3) is 0.600. The van der Waals surface area contributed by atoms with Gasteiger partial charge in [-0.15, -0.1) is 13.2 Å². The second kappa shape index (κ2) is 5.73. The topological polar surface area (TPSA) is 34.1 Å². The zero-order chi connectivity index (χ0) is 11.2. The molecule has 0 heterocycles. The summed E-state index contributed by atoms with van der Waals surface area (Å²) in [6.45, 7) is 10.6. The second-order valence-corrected chi connectivity index (χ2v) is 10.8. The van der Waals surface area contributed by atoms with Crippen molar-refractivity contribution in [1.29, 1.82) is 0 Å². The largest absolute Gasteiger partial charge is 0.324 e. The van der Waals surface area contributed by atoms with Gasteiger partial charge in [0.25, 0.3) is 0 Å². The van der Waals surface area contributed by atoms with Crippen molar-refractivity contribution >= 4 is 14.3 Å². The zero-order valence-corrected chi connectivity index (χ0v) is 10.9. The summed E-state index contributed by atoms with van der Waals surface area (Å²) in [6.07, 6.45) is 5.55. The summed E-state index contributed by atoms with van der Waals surface area (Å²) in [4.78, 5) is 0. The van der Waals surface area contributed by atoms with E-state index in [1.165, 1.54) is 0 Å². The van der Waals surface area contributed by atoms with Gasteiger partial charge in [-0.1, -0.05) is 12.2 Å². The predicted molar refractivity (Wildman–Crippen MR) is 66.9 cm³/mol. The molecule has 0 saturated heterocycles. The molecule has 0 aromatic rings. The summed E-state index contributed by atoms with van der Waals surface area (Å²) < 4.78 is 23.7. The van der Waals surface area contributed by atoms with Crippen LogP contribution in [0.4, 0.5) is 0 Å². The molecular weight excluding hydrogens is 214 g/mol. The molecule has 2 atom stereocenters. The Morgan fingerprint density at radius 1 is 0.929 bits per heavy atom. The van der Waals surface area contributed by atoms with Gasteiger partial charge in [0.15, 0.2) is 0 Å². The minimum Gasteiger partial charge on any atom is -0.324 e. The second-order valence-electron chi connectivity index (χ2n) is 3.98. The quantitative estimate of drug-likeness (QED) is 0.500. The van der Waals surface area contributed by atoms with E-state index in [1.54, 1.807) is 25.5 Å². The van der Waals surface area contributed by atoms with E-state index in [0.29, 0.717) is 24.6 Å². The summed E-state index contributed by atoms with van der Waals surface area (Å²) in [5.74, 6) is 0. The maximum atomic E-state index is 11.8. The molecule has 0 radical (unpaired) electrons. The Bertz CT molecular complexity index is 264. The van der Waals surface area contributed by atoms with E-state index >= 15 is 0 Å². The highest BCUT2D eigenvalue weighted by molar-refractivity contribution is 7.67. The van der Waals surface area contributed by atoms with Crippen LogP contribution in [0.15, 0.2) is 25.3 Å². The fourth-order valence-corrected chi connectivity index (χ4v) is 5.99. The zero-order valence-electron chi connectivity index (χ0n) is 9.11. The monoisotopic (exact) mass is 234 g/mol. The smallest absolute Gasteiger partial charge is 0.0888 e. The van der Waals surface area contributed by atoms with Crippen molar-refractivity contribution in [3.8, 4) is 0 Å². The number of hydrogen-bond donors (Lipinski definition) is 0. The van der Waals surface area contributed by atoms with E-state index in [2.05, 4.69) is 13.2 Å². The normalized spacial score (nSPS) is 19.3. The Hall–Kier alpha value is -0.0600. The maximum absolute atomic E-state index is 11.8. The van der Waals surface area contributed by atoms with E-state index in [9.17, 15) is 9.13 Å². The third-order valence-corrected chi connectivity index (χ3v) is 6.83. The van der Waals surface area contributed by atoms with Crippen LogP contribution in [-0.2, 0) is 9.13 Å². The predicted octanol–water partition coefficient (Wildman–Crippen LogP) is 3.34. The van der Waals surface area contributed by atoms with Crippen molar-refractivity contribution in [2.45, 2.75) is 0 Å². The van der Waals surface area contributed by atoms with Crippen LogP contribution in [0.2, 0.25) is 0 Å². The van der Waals surface area contributed by atoms with Crippen molar-refractivity contribution < 1.29 is 9.13 Å². The summed E-state index contributed by atoms with van der Waals surface area (Å²) in [5.41, 5.74) is 0. The number of rotatable bonds is 7. The average Bonchev–Trinajstić information content (AvgIpc) is 2.01. The third kappa shape index (κ3) is 6.40. The first-order valence-electron chi connectivity index (χ1n) is 4.66. The molecule has 0 aliphatic carbocycles. The van der Waals surface area contributed by atoms with Gasteiger partial charge in [-0.2, -0.15) is 0 Å². The molecule has 0 N–H and O–H groups in total. The van der Waals surface area contributed by atoms with Gasteiger partial charge in [0.2, 0.25) is 0 Å². The van der Waals surface area contributed by atoms with Gasteiger partial charge in [-0.3, -0.25) is 0 Å². The molecule has 0 aromatic carbocycles. The van der Waals surface area contributed by atoms with Crippen molar-refractivity contribution in [2.75, 3.05) is 38.0 Å².